The van der Waals surface area contributed by atoms with Gasteiger partial charge in [0.25, 0.3) is 0 Å². The number of phosphoric acid groups is 1. The minimum atomic E-state index is -3.87. The second-order valence-corrected chi connectivity index (χ2v) is 11.3. The molecule has 0 aliphatic carbocycles. The van der Waals surface area contributed by atoms with E-state index in [1.165, 1.54) is 83.5 Å². The van der Waals surface area contributed by atoms with Gasteiger partial charge in [0.2, 0.25) is 0 Å². The van der Waals surface area contributed by atoms with E-state index >= 15 is 0 Å². The first kappa shape index (κ1) is 35.1. The molecule has 0 aliphatic rings. The summed E-state index contributed by atoms with van der Waals surface area (Å²) in [5.41, 5.74) is 0. The van der Waals surface area contributed by atoms with Crippen molar-refractivity contribution in [3.8, 4) is 5.75 Å². The van der Waals surface area contributed by atoms with Crippen molar-refractivity contribution in [2.75, 3.05) is 39.6 Å². The highest BCUT2D eigenvalue weighted by molar-refractivity contribution is 7.48. The number of hydrogen-bond donors (Lipinski definition) is 0. The fourth-order valence-electron chi connectivity index (χ4n) is 4.04. The summed E-state index contributed by atoms with van der Waals surface area (Å²) < 4.78 is 39.7. The molecule has 0 heterocycles. The molecule has 0 fully saturated rings. The van der Waals surface area contributed by atoms with Crippen molar-refractivity contribution in [2.45, 2.75) is 117 Å². The number of benzene rings is 1. The lowest BCUT2D eigenvalue weighted by molar-refractivity contribution is -0.134. The molecule has 7 nitrogen and oxygen atoms in total. The molecule has 0 saturated carbocycles. The molecule has 1 atom stereocenters. The van der Waals surface area contributed by atoms with Crippen LogP contribution in [0.1, 0.15) is 117 Å². The van der Waals surface area contributed by atoms with Gasteiger partial charge in [0.15, 0.2) is 5.75 Å². The van der Waals surface area contributed by atoms with Gasteiger partial charge in [-0.2, -0.15) is 0 Å². The van der Waals surface area contributed by atoms with Crippen LogP contribution >= 0.6 is 7.82 Å². The maximum Gasteiger partial charge on any atom is 0.511 e. The van der Waals surface area contributed by atoms with Crippen LogP contribution in [0.2, 0.25) is 0 Å². The van der Waals surface area contributed by atoms with Crippen molar-refractivity contribution in [3.63, 3.8) is 0 Å². The molecule has 1 aromatic rings. The zero-order valence-corrected chi connectivity index (χ0v) is 25.1. The summed E-state index contributed by atoms with van der Waals surface area (Å²) in [6.45, 7) is 6.43. The molecule has 0 N–H and O–H groups in total. The molecule has 222 valence electrons. The van der Waals surface area contributed by atoms with Gasteiger partial charge < -0.3 is 14.4 Å². The molecule has 0 amide bonds. The third kappa shape index (κ3) is 21.9. The van der Waals surface area contributed by atoms with Gasteiger partial charge in [0, 0.05) is 6.61 Å². The first-order valence-corrected chi connectivity index (χ1v) is 16.6. The molecule has 38 heavy (non-hydrogen) atoms. The van der Waals surface area contributed by atoms with Gasteiger partial charge in [-0.25, -0.2) is 4.57 Å². The van der Waals surface area contributed by atoms with E-state index in [2.05, 4.69) is 6.92 Å². The number of phosphoric ester groups is 1. The van der Waals surface area contributed by atoms with Gasteiger partial charge in [-0.05, 0) is 25.5 Å². The van der Waals surface area contributed by atoms with Crippen molar-refractivity contribution >= 4 is 7.82 Å². The highest BCUT2D eigenvalue weighted by Crippen LogP contribution is 2.49. The van der Waals surface area contributed by atoms with Crippen LogP contribution in [0, 0.1) is 0 Å². The Morgan fingerprint density at radius 3 is 1.58 bits per heavy atom. The van der Waals surface area contributed by atoms with E-state index in [1.54, 1.807) is 24.3 Å². The van der Waals surface area contributed by atoms with Crippen LogP contribution < -0.4 is 4.89 Å². The van der Waals surface area contributed by atoms with Crippen molar-refractivity contribution < 1.29 is 32.6 Å². The fraction of sp³-hybridized carbons (Fsp3) is 0.800. The van der Waals surface area contributed by atoms with Gasteiger partial charge in [-0.3, -0.25) is 9.05 Å². The molecular weight excluding hydrogens is 503 g/mol. The lowest BCUT2D eigenvalue weighted by Gasteiger charge is -2.17. The lowest BCUT2D eigenvalue weighted by Crippen LogP contribution is -2.11. The van der Waals surface area contributed by atoms with E-state index in [0.717, 1.165) is 19.3 Å². The number of ether oxygens (including phenoxy) is 2. The van der Waals surface area contributed by atoms with Gasteiger partial charge in [0.1, 0.15) is 0 Å². The van der Waals surface area contributed by atoms with Crippen LogP contribution in [0.5, 0.6) is 5.75 Å². The van der Waals surface area contributed by atoms with Crippen LogP contribution in [0.4, 0.5) is 0 Å². The summed E-state index contributed by atoms with van der Waals surface area (Å²) in [7, 11) is -3.87. The zero-order valence-electron chi connectivity index (χ0n) is 24.2. The van der Waals surface area contributed by atoms with E-state index in [1.807, 2.05) is 13.0 Å². The molecular formula is C30H55O7P. The van der Waals surface area contributed by atoms with Crippen LogP contribution in [0.15, 0.2) is 30.3 Å². The quantitative estimate of drug-likeness (QED) is 0.0419. The maximum absolute atomic E-state index is 13.0. The monoisotopic (exact) mass is 558 g/mol. The molecule has 0 aromatic heterocycles. The number of unbranched alkanes of at least 4 members (excludes halogenated alkanes) is 15. The van der Waals surface area contributed by atoms with E-state index in [4.69, 9.17) is 28.1 Å². The van der Waals surface area contributed by atoms with Crippen LogP contribution in [0.25, 0.3) is 0 Å². The molecule has 0 aliphatic heterocycles. The molecule has 0 saturated heterocycles. The molecule has 1 rings (SSSR count). The van der Waals surface area contributed by atoms with Gasteiger partial charge in [0.05, 0.1) is 33.0 Å². The normalized spacial score (nSPS) is 13.0. The van der Waals surface area contributed by atoms with Crippen molar-refractivity contribution in [1.82, 2.24) is 0 Å². The Hall–Kier alpha value is -0.950. The topological polar surface area (TPSA) is 72.5 Å². The van der Waals surface area contributed by atoms with Crippen molar-refractivity contribution in [1.29, 1.82) is 0 Å². The van der Waals surface area contributed by atoms with E-state index in [0.29, 0.717) is 32.2 Å². The highest BCUT2D eigenvalue weighted by Gasteiger charge is 2.29. The highest BCUT2D eigenvalue weighted by atomic mass is 31.2. The van der Waals surface area contributed by atoms with Crippen LogP contribution in [-0.4, -0.2) is 39.6 Å². The third-order valence-corrected chi connectivity index (χ3v) is 7.52. The van der Waals surface area contributed by atoms with Crippen molar-refractivity contribution in [2.24, 2.45) is 0 Å². The summed E-state index contributed by atoms with van der Waals surface area (Å²) in [6.07, 6.45) is 20.7. The summed E-state index contributed by atoms with van der Waals surface area (Å²) >= 11 is 0. The SMILES string of the molecule is CCCCCCCCCCCCCCCCCCOP(=O)(OCCOCCOCC)OOc1ccccc1. The smallest absolute Gasteiger partial charge is 0.379 e. The van der Waals surface area contributed by atoms with Gasteiger partial charge >= 0.3 is 7.82 Å². The first-order chi connectivity index (χ1) is 18.7. The molecule has 1 aromatic carbocycles. The largest absolute Gasteiger partial charge is 0.511 e. The van der Waals surface area contributed by atoms with E-state index < -0.39 is 7.82 Å². The minimum absolute atomic E-state index is 0.0700. The fourth-order valence-corrected chi connectivity index (χ4v) is 5.03. The Kier molecular flexibility index (Phi) is 24.3. The average Bonchev–Trinajstić information content (AvgIpc) is 2.94. The molecule has 1 unspecified atom stereocenters. The molecule has 8 heteroatoms. The van der Waals surface area contributed by atoms with Crippen LogP contribution in [-0.2, 0) is 27.8 Å². The Labute approximate surface area is 232 Å². The Morgan fingerprint density at radius 2 is 1.03 bits per heavy atom. The molecule has 0 spiro atoms. The standard InChI is InChI=1S/C30H55O7P/c1-3-5-6-7-8-9-10-11-12-13-14-15-16-17-18-22-25-34-38(31,35-29-28-33-27-26-32-4-2)37-36-30-23-20-19-21-24-30/h19-21,23-24H,3-18,22,25-29H2,1-2H3. The summed E-state index contributed by atoms with van der Waals surface area (Å²) in [4.78, 5) is 5.19. The number of rotatable bonds is 29. The molecule has 0 radical (unpaired) electrons. The third-order valence-electron chi connectivity index (χ3n) is 6.27. The van der Waals surface area contributed by atoms with Gasteiger partial charge in [-0.15, -0.1) is 0 Å². The number of para-hydroxylation sites is 1. The predicted octanol–water partition coefficient (Wildman–Crippen LogP) is 9.45. The number of hydrogen-bond acceptors (Lipinski definition) is 7. The average molecular weight is 559 g/mol. The summed E-state index contributed by atoms with van der Waals surface area (Å²) in [5.74, 6) is 0.426. The van der Waals surface area contributed by atoms with Gasteiger partial charge in [-0.1, -0.05) is 126 Å². The molecule has 0 bridgehead atoms. The van der Waals surface area contributed by atoms with Crippen molar-refractivity contribution in [3.05, 3.63) is 30.3 Å². The second-order valence-electron chi connectivity index (χ2n) is 9.70. The van der Waals surface area contributed by atoms with E-state index in [-0.39, 0.29) is 13.2 Å². The maximum atomic E-state index is 13.0. The minimum Gasteiger partial charge on any atom is -0.379 e. The van der Waals surface area contributed by atoms with E-state index in [9.17, 15) is 4.57 Å². The Balaban J connectivity index is 2.08. The summed E-state index contributed by atoms with van der Waals surface area (Å²) in [5, 5.41) is 0. The Bertz CT molecular complexity index is 659. The Morgan fingerprint density at radius 1 is 0.553 bits per heavy atom. The summed E-state index contributed by atoms with van der Waals surface area (Å²) in [6, 6.07) is 8.87. The predicted molar refractivity (Wildman–Crippen MR) is 155 cm³/mol. The zero-order chi connectivity index (χ0) is 27.4. The van der Waals surface area contributed by atoms with Crippen LogP contribution in [0.3, 0.4) is 0 Å². The first-order valence-electron chi connectivity index (χ1n) is 15.2. The second kappa shape index (κ2) is 26.3. The lowest BCUT2D eigenvalue weighted by atomic mass is 10.0.